The van der Waals surface area contributed by atoms with E-state index in [1.54, 1.807) is 38.1 Å². The largest absolute Gasteiger partial charge is 0.465 e. The number of ether oxygens (including phenoxy) is 1. The molecule has 2 aromatic carbocycles. The van der Waals surface area contributed by atoms with Crippen molar-refractivity contribution in [1.82, 2.24) is 5.32 Å². The van der Waals surface area contributed by atoms with Crippen molar-refractivity contribution in [1.29, 1.82) is 5.26 Å². The van der Waals surface area contributed by atoms with E-state index < -0.39 is 40.4 Å². The molecule has 2 N–H and O–H groups in total. The monoisotopic (exact) mass is 457 g/mol. The molecular formula is C23H21ClFN3O4. The Labute approximate surface area is 189 Å². The molecule has 2 aromatic rings. The van der Waals surface area contributed by atoms with Gasteiger partial charge in [-0.15, -0.1) is 11.6 Å². The van der Waals surface area contributed by atoms with E-state index in [2.05, 4.69) is 10.6 Å². The molecule has 2 amide bonds. The van der Waals surface area contributed by atoms with Gasteiger partial charge in [0.05, 0.1) is 41.5 Å². The van der Waals surface area contributed by atoms with Crippen LogP contribution in [0.2, 0.25) is 0 Å². The number of hydrogen-bond donors (Lipinski definition) is 2. The van der Waals surface area contributed by atoms with Gasteiger partial charge in [-0.25, -0.2) is 4.39 Å². The first-order valence-electron chi connectivity index (χ1n) is 9.97. The van der Waals surface area contributed by atoms with Gasteiger partial charge >= 0.3 is 5.97 Å². The maximum absolute atomic E-state index is 13.9. The SMILES string of the molecule is CCOC(=O)C1(Cl)CC1C(=O)Nc1ccc(F)cc1C(=O)NC(C)c1ccc(C#N)cc1. The third-order valence-corrected chi connectivity index (χ3v) is 5.77. The molecule has 0 aliphatic heterocycles. The lowest BCUT2D eigenvalue weighted by Crippen LogP contribution is -2.30. The first-order chi connectivity index (χ1) is 15.2. The quantitative estimate of drug-likeness (QED) is 0.487. The molecule has 0 saturated heterocycles. The zero-order valence-electron chi connectivity index (χ0n) is 17.4. The second-order valence-corrected chi connectivity index (χ2v) is 8.12. The van der Waals surface area contributed by atoms with E-state index in [-0.39, 0.29) is 24.3 Å². The summed E-state index contributed by atoms with van der Waals surface area (Å²) in [4.78, 5) is 36.0. The molecule has 32 heavy (non-hydrogen) atoms. The number of halogens is 2. The van der Waals surface area contributed by atoms with E-state index in [4.69, 9.17) is 21.6 Å². The summed E-state index contributed by atoms with van der Waals surface area (Å²) in [6.45, 7) is 3.52. The van der Waals surface area contributed by atoms with Crippen molar-refractivity contribution in [2.45, 2.75) is 31.2 Å². The topological polar surface area (TPSA) is 108 Å². The van der Waals surface area contributed by atoms with Gasteiger partial charge in [-0.05, 0) is 56.2 Å². The van der Waals surface area contributed by atoms with Crippen LogP contribution in [0.3, 0.4) is 0 Å². The van der Waals surface area contributed by atoms with Crippen LogP contribution in [0, 0.1) is 23.1 Å². The fourth-order valence-corrected chi connectivity index (χ4v) is 3.56. The summed E-state index contributed by atoms with van der Waals surface area (Å²) >= 11 is 6.19. The van der Waals surface area contributed by atoms with E-state index in [1.807, 2.05) is 6.07 Å². The Kier molecular flexibility index (Phi) is 6.80. The van der Waals surface area contributed by atoms with Crippen molar-refractivity contribution < 1.29 is 23.5 Å². The highest BCUT2D eigenvalue weighted by molar-refractivity contribution is 6.39. The van der Waals surface area contributed by atoms with E-state index in [0.717, 1.165) is 17.7 Å². The molecule has 0 spiro atoms. The molecule has 1 saturated carbocycles. The van der Waals surface area contributed by atoms with E-state index in [0.29, 0.717) is 5.56 Å². The van der Waals surface area contributed by atoms with Gasteiger partial charge in [0.15, 0.2) is 4.87 Å². The maximum Gasteiger partial charge on any atom is 0.328 e. The average Bonchev–Trinajstić information content (AvgIpc) is 3.48. The number of alkyl halides is 1. The first kappa shape index (κ1) is 23.2. The summed E-state index contributed by atoms with van der Waals surface area (Å²) in [5.74, 6) is -3.30. The van der Waals surface area contributed by atoms with Crippen LogP contribution in [0.1, 0.15) is 47.8 Å². The van der Waals surface area contributed by atoms with Crippen LogP contribution in [0.5, 0.6) is 0 Å². The molecule has 3 rings (SSSR count). The van der Waals surface area contributed by atoms with Crippen molar-refractivity contribution >= 4 is 35.1 Å². The minimum absolute atomic E-state index is 0.0733. The molecule has 3 atom stereocenters. The smallest absolute Gasteiger partial charge is 0.328 e. The predicted octanol–water partition coefficient (Wildman–Crippen LogP) is 3.69. The molecule has 0 heterocycles. The Bertz CT molecular complexity index is 1100. The van der Waals surface area contributed by atoms with Crippen LogP contribution in [-0.4, -0.2) is 29.3 Å². The molecule has 3 unspecified atom stereocenters. The lowest BCUT2D eigenvalue weighted by atomic mass is 10.1. The van der Waals surface area contributed by atoms with Gasteiger partial charge in [0.2, 0.25) is 5.91 Å². The molecule has 1 fully saturated rings. The Morgan fingerprint density at radius 2 is 1.97 bits per heavy atom. The van der Waals surface area contributed by atoms with Crippen molar-refractivity contribution in [3.63, 3.8) is 0 Å². The molecule has 0 bridgehead atoms. The number of nitrogens with zero attached hydrogens (tertiary/aromatic N) is 1. The lowest BCUT2D eigenvalue weighted by molar-refractivity contribution is -0.144. The van der Waals surface area contributed by atoms with Gasteiger partial charge in [-0.2, -0.15) is 5.26 Å². The number of rotatable bonds is 7. The van der Waals surface area contributed by atoms with Gasteiger partial charge in [-0.3, -0.25) is 14.4 Å². The summed E-state index contributed by atoms with van der Waals surface area (Å²) in [5.41, 5.74) is 1.26. The first-order valence-corrected chi connectivity index (χ1v) is 10.3. The fraction of sp³-hybridized carbons (Fsp3) is 0.304. The standard InChI is InChI=1S/C23H21ClFN3O4/c1-3-32-22(31)23(24)11-18(23)21(30)28-19-9-8-16(25)10-17(19)20(29)27-13(2)15-6-4-14(12-26)5-7-15/h4-10,13,18H,3,11H2,1-2H3,(H,27,29)(H,28,30). The summed E-state index contributed by atoms with van der Waals surface area (Å²) in [5, 5.41) is 14.2. The number of nitriles is 1. The second kappa shape index (κ2) is 9.37. The highest BCUT2D eigenvalue weighted by Crippen LogP contribution is 2.51. The average molecular weight is 458 g/mol. The molecule has 1 aliphatic rings. The summed E-state index contributed by atoms with van der Waals surface area (Å²) in [6, 6.07) is 11.7. The van der Waals surface area contributed by atoms with Crippen LogP contribution >= 0.6 is 11.6 Å². The Morgan fingerprint density at radius 3 is 2.59 bits per heavy atom. The van der Waals surface area contributed by atoms with Crippen LogP contribution in [0.4, 0.5) is 10.1 Å². The van der Waals surface area contributed by atoms with Crippen molar-refractivity contribution in [3.8, 4) is 6.07 Å². The summed E-state index contributed by atoms with van der Waals surface area (Å²) in [6.07, 6.45) is 0.109. The lowest BCUT2D eigenvalue weighted by Gasteiger charge is -2.17. The molecule has 7 nitrogen and oxygen atoms in total. The zero-order valence-corrected chi connectivity index (χ0v) is 18.2. The second-order valence-electron chi connectivity index (χ2n) is 7.45. The number of carbonyl (C=O) groups excluding carboxylic acids is 3. The van der Waals surface area contributed by atoms with Crippen LogP contribution in [0.15, 0.2) is 42.5 Å². The van der Waals surface area contributed by atoms with Gasteiger partial charge < -0.3 is 15.4 Å². The van der Waals surface area contributed by atoms with E-state index in [9.17, 15) is 18.8 Å². The predicted molar refractivity (Wildman–Crippen MR) is 115 cm³/mol. The molecular weight excluding hydrogens is 437 g/mol. The van der Waals surface area contributed by atoms with Crippen molar-refractivity contribution in [2.24, 2.45) is 5.92 Å². The Balaban J connectivity index is 1.73. The molecule has 9 heteroatoms. The Morgan fingerprint density at radius 1 is 1.28 bits per heavy atom. The van der Waals surface area contributed by atoms with Gasteiger partial charge in [0.1, 0.15) is 5.82 Å². The maximum atomic E-state index is 13.9. The summed E-state index contributed by atoms with van der Waals surface area (Å²) in [7, 11) is 0. The number of hydrogen-bond acceptors (Lipinski definition) is 5. The fourth-order valence-electron chi connectivity index (χ4n) is 3.25. The number of nitrogens with one attached hydrogen (secondary N) is 2. The number of carbonyl (C=O) groups is 3. The Hall–Kier alpha value is -3.44. The number of amides is 2. The van der Waals surface area contributed by atoms with Crippen LogP contribution < -0.4 is 10.6 Å². The minimum Gasteiger partial charge on any atom is -0.465 e. The molecule has 166 valence electrons. The van der Waals surface area contributed by atoms with Crippen molar-refractivity contribution in [3.05, 3.63) is 65.0 Å². The summed E-state index contributed by atoms with van der Waals surface area (Å²) < 4.78 is 18.8. The highest BCUT2D eigenvalue weighted by Gasteiger charge is 2.64. The zero-order chi connectivity index (χ0) is 23.5. The van der Waals surface area contributed by atoms with Crippen LogP contribution in [-0.2, 0) is 14.3 Å². The van der Waals surface area contributed by atoms with Gasteiger partial charge in [-0.1, -0.05) is 12.1 Å². The van der Waals surface area contributed by atoms with E-state index in [1.165, 1.54) is 6.07 Å². The number of benzene rings is 2. The van der Waals surface area contributed by atoms with Gasteiger partial charge in [0.25, 0.3) is 5.91 Å². The third-order valence-electron chi connectivity index (χ3n) is 5.20. The molecule has 0 radical (unpaired) electrons. The highest BCUT2D eigenvalue weighted by atomic mass is 35.5. The molecule has 1 aliphatic carbocycles. The molecule has 0 aromatic heterocycles. The number of anilines is 1. The van der Waals surface area contributed by atoms with Gasteiger partial charge in [0, 0.05) is 0 Å². The normalized spacial score (nSPS) is 19.9. The third kappa shape index (κ3) is 4.89. The minimum atomic E-state index is -1.42. The van der Waals surface area contributed by atoms with Crippen molar-refractivity contribution in [2.75, 3.05) is 11.9 Å². The van der Waals surface area contributed by atoms with Crippen LogP contribution in [0.25, 0.3) is 0 Å². The van der Waals surface area contributed by atoms with E-state index >= 15 is 0 Å². The number of esters is 1.